The summed E-state index contributed by atoms with van der Waals surface area (Å²) in [5.41, 5.74) is 2.61. The number of methoxy groups -OCH3 is 1. The van der Waals surface area contributed by atoms with E-state index in [4.69, 9.17) is 10.6 Å². The molecule has 6 heteroatoms. The van der Waals surface area contributed by atoms with Crippen LogP contribution in [0.1, 0.15) is 25.7 Å². The van der Waals surface area contributed by atoms with Crippen molar-refractivity contribution in [2.45, 2.75) is 37.0 Å². The molecule has 0 aromatic carbocycles. The van der Waals surface area contributed by atoms with Crippen molar-refractivity contribution in [3.8, 4) is 0 Å². The minimum atomic E-state index is 0.496. The van der Waals surface area contributed by atoms with E-state index in [2.05, 4.69) is 22.0 Å². The fourth-order valence-corrected chi connectivity index (χ4v) is 2.76. The highest BCUT2D eigenvalue weighted by Crippen LogP contribution is 2.26. The molecule has 1 saturated carbocycles. The number of guanidine groups is 1. The molecule has 100 valence electrons. The quantitative estimate of drug-likeness (QED) is 0.223. The van der Waals surface area contributed by atoms with Crippen molar-refractivity contribution in [3.63, 3.8) is 0 Å². The Hall–Kier alpha value is -0.460. The zero-order valence-electron chi connectivity index (χ0n) is 10.7. The number of rotatable bonds is 5. The molecule has 1 rings (SSSR count). The second kappa shape index (κ2) is 8.60. The fourth-order valence-electron chi connectivity index (χ4n) is 2.02. The molecule has 0 unspecified atom stereocenters. The van der Waals surface area contributed by atoms with Crippen LogP contribution in [0.15, 0.2) is 4.99 Å². The van der Waals surface area contributed by atoms with E-state index in [9.17, 15) is 0 Å². The van der Waals surface area contributed by atoms with Crippen molar-refractivity contribution in [3.05, 3.63) is 0 Å². The Labute approximate surface area is 108 Å². The van der Waals surface area contributed by atoms with Crippen molar-refractivity contribution in [1.82, 2.24) is 10.7 Å². The molecule has 0 aliphatic heterocycles. The number of nitrogens with one attached hydrogen (secondary N) is 2. The molecule has 1 aliphatic rings. The molecular formula is C11H24N4OS. The largest absolute Gasteiger partial charge is 0.383 e. The molecule has 4 N–H and O–H groups in total. The molecule has 0 saturated heterocycles. The van der Waals surface area contributed by atoms with Gasteiger partial charge in [0.1, 0.15) is 0 Å². The lowest BCUT2D eigenvalue weighted by Gasteiger charge is -2.28. The van der Waals surface area contributed by atoms with Crippen LogP contribution in [0.25, 0.3) is 0 Å². The molecule has 1 aliphatic carbocycles. The second-order valence-electron chi connectivity index (χ2n) is 4.22. The van der Waals surface area contributed by atoms with E-state index in [1.54, 1.807) is 7.11 Å². The molecule has 0 radical (unpaired) electrons. The number of nitrogens with two attached hydrogens (primary N) is 1. The van der Waals surface area contributed by atoms with Gasteiger partial charge >= 0.3 is 0 Å². The van der Waals surface area contributed by atoms with Crippen molar-refractivity contribution in [2.24, 2.45) is 10.8 Å². The van der Waals surface area contributed by atoms with Gasteiger partial charge in [0.2, 0.25) is 5.96 Å². The van der Waals surface area contributed by atoms with Crippen molar-refractivity contribution >= 4 is 17.7 Å². The summed E-state index contributed by atoms with van der Waals surface area (Å²) in [5, 5.41) is 4.18. The molecule has 0 aromatic rings. The molecule has 0 bridgehead atoms. The Kier molecular flexibility index (Phi) is 7.39. The zero-order valence-corrected chi connectivity index (χ0v) is 11.6. The van der Waals surface area contributed by atoms with Gasteiger partial charge in [-0.2, -0.15) is 11.8 Å². The standard InChI is InChI=1S/C11H24N4OS/c1-16-8-7-13-11(15-12)14-9-3-5-10(17-2)6-4-9/h9-10H,3-8,12H2,1-2H3,(H2,13,14,15). The number of hydrogen-bond acceptors (Lipinski definition) is 4. The van der Waals surface area contributed by atoms with E-state index in [1.807, 2.05) is 11.8 Å². The average molecular weight is 260 g/mol. The zero-order chi connectivity index (χ0) is 12.5. The van der Waals surface area contributed by atoms with Gasteiger partial charge in [-0.25, -0.2) is 10.8 Å². The molecule has 0 amide bonds. The van der Waals surface area contributed by atoms with Crippen molar-refractivity contribution in [1.29, 1.82) is 0 Å². The van der Waals surface area contributed by atoms with Crippen LogP contribution in [-0.4, -0.2) is 43.8 Å². The maximum absolute atomic E-state index is 5.44. The summed E-state index contributed by atoms with van der Waals surface area (Å²) in [6.07, 6.45) is 7.12. The highest BCUT2D eigenvalue weighted by molar-refractivity contribution is 7.99. The number of ether oxygens (including phenoxy) is 1. The van der Waals surface area contributed by atoms with E-state index in [0.29, 0.717) is 25.2 Å². The first kappa shape index (κ1) is 14.6. The summed E-state index contributed by atoms with van der Waals surface area (Å²) >= 11 is 1.97. The third kappa shape index (κ3) is 5.61. The van der Waals surface area contributed by atoms with Gasteiger partial charge in [-0.15, -0.1) is 0 Å². The first-order valence-electron chi connectivity index (χ1n) is 6.09. The Balaban J connectivity index is 2.29. The average Bonchev–Trinajstić information content (AvgIpc) is 2.38. The van der Waals surface area contributed by atoms with Crippen LogP contribution in [0.3, 0.4) is 0 Å². The van der Waals surface area contributed by atoms with E-state index >= 15 is 0 Å². The van der Waals surface area contributed by atoms with E-state index < -0.39 is 0 Å². The van der Waals surface area contributed by atoms with E-state index in [-0.39, 0.29) is 0 Å². The van der Waals surface area contributed by atoms with Crippen LogP contribution < -0.4 is 16.6 Å². The maximum Gasteiger partial charge on any atom is 0.206 e. The number of hydrazine groups is 1. The number of thioether (sulfide) groups is 1. The summed E-state index contributed by atoms with van der Waals surface area (Å²) in [5.74, 6) is 6.11. The predicted molar refractivity (Wildman–Crippen MR) is 74.2 cm³/mol. The second-order valence-corrected chi connectivity index (χ2v) is 5.36. The number of nitrogens with zero attached hydrogens (tertiary/aromatic N) is 1. The molecule has 0 spiro atoms. The first-order valence-corrected chi connectivity index (χ1v) is 7.38. The molecule has 0 heterocycles. The minimum Gasteiger partial charge on any atom is -0.383 e. The summed E-state index contributed by atoms with van der Waals surface area (Å²) in [4.78, 5) is 4.30. The summed E-state index contributed by atoms with van der Waals surface area (Å²) in [6, 6.07) is 0.496. The van der Waals surface area contributed by atoms with Gasteiger partial charge in [-0.3, -0.25) is 5.43 Å². The summed E-state index contributed by atoms with van der Waals surface area (Å²) < 4.78 is 4.95. The fraction of sp³-hybridized carbons (Fsp3) is 0.909. The predicted octanol–water partition coefficient (Wildman–Crippen LogP) is 0.716. The molecule has 0 atom stereocenters. The number of hydrogen-bond donors (Lipinski definition) is 3. The van der Waals surface area contributed by atoms with Crippen LogP contribution in [0.4, 0.5) is 0 Å². The summed E-state index contributed by atoms with van der Waals surface area (Å²) in [6.45, 7) is 1.25. The van der Waals surface area contributed by atoms with Gasteiger partial charge in [0, 0.05) is 18.4 Å². The Morgan fingerprint density at radius 1 is 1.41 bits per heavy atom. The van der Waals surface area contributed by atoms with Gasteiger partial charge in [0.05, 0.1) is 13.2 Å². The Morgan fingerprint density at radius 2 is 2.12 bits per heavy atom. The molecule has 5 nitrogen and oxygen atoms in total. The van der Waals surface area contributed by atoms with Crippen LogP contribution in [0, 0.1) is 0 Å². The highest BCUT2D eigenvalue weighted by Gasteiger charge is 2.20. The van der Waals surface area contributed by atoms with Crippen LogP contribution in [-0.2, 0) is 4.74 Å². The third-order valence-electron chi connectivity index (χ3n) is 3.05. The van der Waals surface area contributed by atoms with Crippen LogP contribution in [0.5, 0.6) is 0 Å². The molecule has 17 heavy (non-hydrogen) atoms. The topological polar surface area (TPSA) is 71.7 Å². The Bertz CT molecular complexity index is 230. The van der Waals surface area contributed by atoms with E-state index in [0.717, 1.165) is 5.25 Å². The lowest BCUT2D eigenvalue weighted by Crippen LogP contribution is -2.47. The van der Waals surface area contributed by atoms with Crippen molar-refractivity contribution < 1.29 is 4.74 Å². The summed E-state index contributed by atoms with van der Waals surface area (Å²) in [7, 11) is 1.67. The monoisotopic (exact) mass is 260 g/mol. The van der Waals surface area contributed by atoms with Crippen LogP contribution >= 0.6 is 11.8 Å². The molecule has 0 aromatic heterocycles. The van der Waals surface area contributed by atoms with Gasteiger partial charge in [0.15, 0.2) is 0 Å². The van der Waals surface area contributed by atoms with Crippen LogP contribution in [0.2, 0.25) is 0 Å². The first-order chi connectivity index (χ1) is 8.30. The Morgan fingerprint density at radius 3 is 2.65 bits per heavy atom. The minimum absolute atomic E-state index is 0.496. The van der Waals surface area contributed by atoms with Gasteiger partial charge < -0.3 is 10.1 Å². The molecular weight excluding hydrogens is 236 g/mol. The lowest BCUT2D eigenvalue weighted by atomic mass is 9.95. The smallest absolute Gasteiger partial charge is 0.206 e. The van der Waals surface area contributed by atoms with Gasteiger partial charge in [-0.1, -0.05) is 0 Å². The lowest BCUT2D eigenvalue weighted by molar-refractivity contribution is 0.207. The maximum atomic E-state index is 5.44. The number of aliphatic imine (C=N–C) groups is 1. The van der Waals surface area contributed by atoms with E-state index in [1.165, 1.54) is 25.7 Å². The normalized spacial score (nSPS) is 25.7. The third-order valence-corrected chi connectivity index (χ3v) is 4.19. The van der Waals surface area contributed by atoms with Gasteiger partial charge in [0.25, 0.3) is 0 Å². The van der Waals surface area contributed by atoms with Gasteiger partial charge in [-0.05, 0) is 31.9 Å². The van der Waals surface area contributed by atoms with Crippen molar-refractivity contribution in [2.75, 3.05) is 26.5 Å². The SMILES string of the molecule is COCCN=C(NN)NC1CCC(SC)CC1. The molecule has 1 fully saturated rings. The highest BCUT2D eigenvalue weighted by atomic mass is 32.2.